The average molecular weight is 419 g/mol. The first-order chi connectivity index (χ1) is 14.7. The summed E-state index contributed by atoms with van der Waals surface area (Å²) in [5, 5.41) is 7.28. The van der Waals surface area contributed by atoms with E-state index in [1.807, 2.05) is 17.5 Å². The lowest BCUT2D eigenvalue weighted by Crippen LogP contribution is -2.58. The molecule has 4 bridgehead atoms. The van der Waals surface area contributed by atoms with E-state index < -0.39 is 0 Å². The Kier molecular flexibility index (Phi) is 4.50. The number of benzene rings is 1. The number of amidine groups is 1. The maximum atomic E-state index is 6.16. The third-order valence-electron chi connectivity index (χ3n) is 7.67. The summed E-state index contributed by atoms with van der Waals surface area (Å²) in [4.78, 5) is 5.63. The highest BCUT2D eigenvalue weighted by Gasteiger charge is 2.50. The Labute approximate surface area is 182 Å². The van der Waals surface area contributed by atoms with Gasteiger partial charge in [0.05, 0.1) is 10.6 Å². The monoisotopic (exact) mass is 418 g/mol. The van der Waals surface area contributed by atoms with Gasteiger partial charge in [0.15, 0.2) is 0 Å². The van der Waals surface area contributed by atoms with Gasteiger partial charge in [0.1, 0.15) is 5.84 Å². The Balaban J connectivity index is 1.14. The molecule has 4 aliphatic rings. The maximum absolute atomic E-state index is 6.16. The van der Waals surface area contributed by atoms with Crippen LogP contribution < -0.4 is 11.1 Å². The highest BCUT2D eigenvalue weighted by atomic mass is 32.1. The molecule has 0 amide bonds. The van der Waals surface area contributed by atoms with E-state index in [0.717, 1.165) is 41.4 Å². The summed E-state index contributed by atoms with van der Waals surface area (Å²) in [6.45, 7) is 2.08. The van der Waals surface area contributed by atoms with Crippen molar-refractivity contribution in [2.24, 2.45) is 28.5 Å². The van der Waals surface area contributed by atoms with Gasteiger partial charge in [0.25, 0.3) is 0 Å². The predicted molar refractivity (Wildman–Crippen MR) is 126 cm³/mol. The number of rotatable bonds is 6. The second-order valence-corrected chi connectivity index (χ2v) is 10.8. The predicted octanol–water partition coefficient (Wildman–Crippen LogP) is 5.30. The third kappa shape index (κ3) is 3.38. The van der Waals surface area contributed by atoms with Crippen LogP contribution in [0, 0.1) is 17.8 Å². The Morgan fingerprint density at radius 2 is 1.87 bits per heavy atom. The van der Waals surface area contributed by atoms with Crippen molar-refractivity contribution in [2.45, 2.75) is 50.6 Å². The van der Waals surface area contributed by atoms with Crippen LogP contribution in [-0.2, 0) is 6.54 Å². The molecule has 4 fully saturated rings. The van der Waals surface area contributed by atoms with Gasteiger partial charge in [-0.3, -0.25) is 0 Å². The van der Waals surface area contributed by atoms with Crippen molar-refractivity contribution < 1.29 is 0 Å². The van der Waals surface area contributed by atoms with E-state index in [9.17, 15) is 0 Å². The number of aliphatic imine (C=N–C) groups is 1. The number of hydrogen-bond donors (Lipinski definition) is 2. The van der Waals surface area contributed by atoms with E-state index in [0.29, 0.717) is 11.4 Å². The zero-order chi connectivity index (χ0) is 20.1. The molecule has 0 radical (unpaired) electrons. The summed E-state index contributed by atoms with van der Waals surface area (Å²) in [5.74, 6) is 3.58. The van der Waals surface area contributed by atoms with Gasteiger partial charge in [-0.25, -0.2) is 4.99 Å². The van der Waals surface area contributed by atoms with Crippen LogP contribution in [0.3, 0.4) is 0 Å². The normalized spacial score (nSPS) is 30.4. The first kappa shape index (κ1) is 18.6. The zero-order valence-corrected chi connectivity index (χ0v) is 18.2. The lowest BCUT2D eigenvalue weighted by atomic mass is 9.53. The molecule has 3 N–H and O–H groups in total. The fourth-order valence-electron chi connectivity index (χ4n) is 6.84. The molecular formula is C25H30N4S. The van der Waals surface area contributed by atoms with Crippen molar-refractivity contribution in [1.29, 1.82) is 0 Å². The van der Waals surface area contributed by atoms with Crippen LogP contribution in [0.2, 0.25) is 0 Å². The van der Waals surface area contributed by atoms with Gasteiger partial charge >= 0.3 is 0 Å². The summed E-state index contributed by atoms with van der Waals surface area (Å²) in [7, 11) is 0. The number of hydrogen-bond acceptors (Lipinski definition) is 3. The van der Waals surface area contributed by atoms with Crippen LogP contribution in [0.5, 0.6) is 0 Å². The summed E-state index contributed by atoms with van der Waals surface area (Å²) in [6, 6.07) is 12.6. The lowest BCUT2D eigenvalue weighted by Gasteiger charge is -2.57. The van der Waals surface area contributed by atoms with Crippen molar-refractivity contribution in [3.63, 3.8) is 0 Å². The number of thiophene rings is 1. The van der Waals surface area contributed by atoms with Crippen molar-refractivity contribution in [1.82, 2.24) is 9.88 Å². The molecule has 30 heavy (non-hydrogen) atoms. The van der Waals surface area contributed by atoms with E-state index in [2.05, 4.69) is 45.3 Å². The number of aromatic nitrogens is 1. The quantitative estimate of drug-likeness (QED) is 0.422. The standard InChI is InChI=1S/C25H30N4S/c26-24(23-2-1-9-30-23)28-21-3-4-22-20(13-21)5-7-29(22)8-6-27-25-14-17-10-18(15-25)12-19(11-17)16-25/h1-5,7,9,13,17-19,27H,6,8,10-12,14-16H2,(H2,26,28). The van der Waals surface area contributed by atoms with E-state index in [1.54, 1.807) is 11.3 Å². The van der Waals surface area contributed by atoms with Crippen LogP contribution in [0.25, 0.3) is 10.9 Å². The molecule has 0 aliphatic heterocycles. The smallest absolute Gasteiger partial charge is 0.141 e. The Morgan fingerprint density at radius 3 is 2.57 bits per heavy atom. The maximum Gasteiger partial charge on any atom is 0.141 e. The molecule has 0 saturated heterocycles. The molecule has 4 aliphatic carbocycles. The third-order valence-corrected chi connectivity index (χ3v) is 8.56. The molecule has 4 saturated carbocycles. The molecule has 156 valence electrons. The first-order valence-electron chi connectivity index (χ1n) is 11.4. The van der Waals surface area contributed by atoms with Gasteiger partial charge in [-0.15, -0.1) is 11.3 Å². The molecular weight excluding hydrogens is 388 g/mol. The SMILES string of the molecule is NC(=Nc1ccc2c(ccn2CCNC23CC4CC(CC(C4)C2)C3)c1)c1cccs1. The van der Waals surface area contributed by atoms with Gasteiger partial charge in [0.2, 0.25) is 0 Å². The number of nitrogens with two attached hydrogens (primary N) is 1. The fourth-order valence-corrected chi connectivity index (χ4v) is 7.47. The number of nitrogens with one attached hydrogen (secondary N) is 1. The zero-order valence-electron chi connectivity index (χ0n) is 17.4. The minimum Gasteiger partial charge on any atom is -0.383 e. The molecule has 0 unspecified atom stereocenters. The van der Waals surface area contributed by atoms with Gasteiger partial charge in [-0.2, -0.15) is 0 Å². The first-order valence-corrected chi connectivity index (χ1v) is 12.3. The number of nitrogens with zero attached hydrogens (tertiary/aromatic N) is 2. The van der Waals surface area contributed by atoms with E-state index in [1.165, 1.54) is 49.4 Å². The summed E-state index contributed by atoms with van der Waals surface area (Å²) in [5.41, 5.74) is 8.79. The largest absolute Gasteiger partial charge is 0.383 e. The van der Waals surface area contributed by atoms with E-state index in [4.69, 9.17) is 5.73 Å². The van der Waals surface area contributed by atoms with Gasteiger partial charge in [-0.05, 0) is 92.0 Å². The molecule has 5 heteroatoms. The van der Waals surface area contributed by atoms with Gasteiger partial charge < -0.3 is 15.6 Å². The van der Waals surface area contributed by atoms with Crippen molar-refractivity contribution >= 4 is 33.8 Å². The molecule has 3 aromatic rings. The Bertz CT molecular complexity index is 1040. The molecule has 7 rings (SSSR count). The highest BCUT2D eigenvalue weighted by Crippen LogP contribution is 2.55. The summed E-state index contributed by atoms with van der Waals surface area (Å²) < 4.78 is 2.37. The lowest BCUT2D eigenvalue weighted by molar-refractivity contribution is -0.0197. The molecule has 2 aromatic heterocycles. The number of fused-ring (bicyclic) bond motifs is 1. The minimum atomic E-state index is 0.443. The molecule has 4 nitrogen and oxygen atoms in total. The van der Waals surface area contributed by atoms with E-state index in [-0.39, 0.29) is 0 Å². The summed E-state index contributed by atoms with van der Waals surface area (Å²) >= 11 is 1.62. The van der Waals surface area contributed by atoms with Gasteiger partial charge in [0, 0.05) is 35.7 Å². The van der Waals surface area contributed by atoms with Crippen LogP contribution >= 0.6 is 11.3 Å². The molecule has 2 heterocycles. The van der Waals surface area contributed by atoms with Crippen LogP contribution in [-0.4, -0.2) is 22.5 Å². The second-order valence-electron chi connectivity index (χ2n) is 9.85. The Hall–Kier alpha value is -2.11. The van der Waals surface area contributed by atoms with Gasteiger partial charge in [-0.1, -0.05) is 6.07 Å². The minimum absolute atomic E-state index is 0.443. The van der Waals surface area contributed by atoms with Crippen LogP contribution in [0.1, 0.15) is 43.4 Å². The summed E-state index contributed by atoms with van der Waals surface area (Å²) in [6.07, 6.45) is 11.0. The van der Waals surface area contributed by atoms with Crippen LogP contribution in [0.15, 0.2) is 53.0 Å². The van der Waals surface area contributed by atoms with Crippen molar-refractivity contribution in [3.8, 4) is 0 Å². The molecule has 1 aromatic carbocycles. The van der Waals surface area contributed by atoms with Crippen LogP contribution in [0.4, 0.5) is 5.69 Å². The molecule has 0 atom stereocenters. The average Bonchev–Trinajstić information content (AvgIpc) is 3.37. The Morgan fingerprint density at radius 1 is 1.10 bits per heavy atom. The highest BCUT2D eigenvalue weighted by molar-refractivity contribution is 7.12. The second kappa shape index (κ2) is 7.24. The molecule has 0 spiro atoms. The van der Waals surface area contributed by atoms with E-state index >= 15 is 0 Å². The van der Waals surface area contributed by atoms with Crippen molar-refractivity contribution in [3.05, 3.63) is 52.9 Å². The van der Waals surface area contributed by atoms with Crippen molar-refractivity contribution in [2.75, 3.05) is 6.54 Å². The topological polar surface area (TPSA) is 55.3 Å². The fraction of sp³-hybridized carbons (Fsp3) is 0.480.